The molecule has 2 N–H and O–H groups in total. The molecule has 1 aromatic heterocycles. The fourth-order valence-corrected chi connectivity index (χ4v) is 2.10. The van der Waals surface area contributed by atoms with Crippen molar-refractivity contribution in [3.63, 3.8) is 0 Å². The molecule has 0 unspecified atom stereocenters. The van der Waals surface area contributed by atoms with E-state index >= 15 is 0 Å². The summed E-state index contributed by atoms with van der Waals surface area (Å²) in [6, 6.07) is 15.4. The Morgan fingerprint density at radius 1 is 1.05 bits per heavy atom. The Bertz CT molecular complexity index is 784. The first-order valence-electron chi connectivity index (χ1n) is 6.17. The molecule has 0 aliphatic carbocycles. The number of aromatic nitrogens is 1. The number of anilines is 2. The van der Waals surface area contributed by atoms with Gasteiger partial charge in [-0.3, -0.25) is 4.98 Å². The Morgan fingerprint density at radius 2 is 1.85 bits per heavy atom. The van der Waals surface area contributed by atoms with Gasteiger partial charge in [-0.1, -0.05) is 30.3 Å². The molecule has 0 aliphatic heterocycles. The Morgan fingerprint density at radius 3 is 2.65 bits per heavy atom. The summed E-state index contributed by atoms with van der Waals surface area (Å²) in [5.74, 6) is -0.976. The minimum absolute atomic E-state index is 0.202. The fourth-order valence-electron chi connectivity index (χ4n) is 2.10. The molecule has 1 heterocycles. The quantitative estimate of drug-likeness (QED) is 0.757. The highest BCUT2D eigenvalue weighted by Crippen LogP contribution is 2.23. The average molecular weight is 264 g/mol. The number of rotatable bonds is 3. The molecule has 4 heteroatoms. The average Bonchev–Trinajstić information content (AvgIpc) is 2.47. The Labute approximate surface area is 115 Å². The van der Waals surface area contributed by atoms with E-state index in [2.05, 4.69) is 10.3 Å². The molecule has 3 aromatic rings. The summed E-state index contributed by atoms with van der Waals surface area (Å²) in [4.78, 5) is 15.1. The largest absolute Gasteiger partial charge is 0.478 e. The van der Waals surface area contributed by atoms with Crippen LogP contribution < -0.4 is 5.32 Å². The maximum atomic E-state index is 11.2. The van der Waals surface area contributed by atoms with Gasteiger partial charge in [0.1, 0.15) is 0 Å². The summed E-state index contributed by atoms with van der Waals surface area (Å²) in [6.45, 7) is 0. The minimum Gasteiger partial charge on any atom is -0.478 e. The normalized spacial score (nSPS) is 10.4. The third-order valence-corrected chi connectivity index (χ3v) is 3.08. The van der Waals surface area contributed by atoms with Gasteiger partial charge in [-0.25, -0.2) is 4.79 Å². The molecule has 0 atom stereocenters. The van der Waals surface area contributed by atoms with Crippen LogP contribution in [0.1, 0.15) is 10.4 Å². The molecule has 0 fully saturated rings. The summed E-state index contributed by atoms with van der Waals surface area (Å²) in [7, 11) is 0. The van der Waals surface area contributed by atoms with E-state index in [-0.39, 0.29) is 5.56 Å². The second kappa shape index (κ2) is 5.01. The fraction of sp³-hybridized carbons (Fsp3) is 0. The van der Waals surface area contributed by atoms with E-state index in [9.17, 15) is 4.79 Å². The minimum atomic E-state index is -0.976. The Hall–Kier alpha value is -2.88. The second-order valence-electron chi connectivity index (χ2n) is 4.41. The van der Waals surface area contributed by atoms with Gasteiger partial charge in [0.05, 0.1) is 17.4 Å². The van der Waals surface area contributed by atoms with Gasteiger partial charge in [-0.05, 0) is 29.0 Å². The van der Waals surface area contributed by atoms with E-state index in [0.717, 1.165) is 16.5 Å². The molecule has 4 nitrogen and oxygen atoms in total. The number of nitrogens with one attached hydrogen (secondary N) is 1. The highest BCUT2D eigenvalue weighted by Gasteiger charge is 2.09. The second-order valence-corrected chi connectivity index (χ2v) is 4.41. The number of carbonyl (C=O) groups is 1. The molecular weight excluding hydrogens is 252 g/mol. The van der Waals surface area contributed by atoms with Gasteiger partial charge in [0.2, 0.25) is 0 Å². The third kappa shape index (κ3) is 2.31. The van der Waals surface area contributed by atoms with Crippen LogP contribution in [0.4, 0.5) is 11.4 Å². The van der Waals surface area contributed by atoms with E-state index in [1.54, 1.807) is 0 Å². The van der Waals surface area contributed by atoms with E-state index in [1.807, 2.05) is 42.5 Å². The van der Waals surface area contributed by atoms with Crippen molar-refractivity contribution in [3.8, 4) is 0 Å². The molecule has 3 rings (SSSR count). The molecule has 98 valence electrons. The van der Waals surface area contributed by atoms with Crippen molar-refractivity contribution in [1.82, 2.24) is 4.98 Å². The van der Waals surface area contributed by atoms with Gasteiger partial charge >= 0.3 is 5.97 Å². The molecule has 20 heavy (non-hydrogen) atoms. The molecule has 0 amide bonds. The van der Waals surface area contributed by atoms with Crippen molar-refractivity contribution >= 4 is 28.1 Å². The van der Waals surface area contributed by atoms with Gasteiger partial charge in [0.25, 0.3) is 0 Å². The van der Waals surface area contributed by atoms with Gasteiger partial charge in [-0.2, -0.15) is 0 Å². The van der Waals surface area contributed by atoms with Crippen molar-refractivity contribution < 1.29 is 9.90 Å². The summed E-state index contributed by atoms with van der Waals surface area (Å²) >= 11 is 0. The number of benzene rings is 2. The molecule has 0 radical (unpaired) electrons. The zero-order chi connectivity index (χ0) is 13.9. The highest BCUT2D eigenvalue weighted by atomic mass is 16.4. The lowest BCUT2D eigenvalue weighted by Crippen LogP contribution is -2.03. The van der Waals surface area contributed by atoms with Crippen LogP contribution in [0.2, 0.25) is 0 Å². The van der Waals surface area contributed by atoms with Crippen molar-refractivity contribution in [2.75, 3.05) is 5.32 Å². The zero-order valence-electron chi connectivity index (χ0n) is 10.6. The number of hydrogen-bond acceptors (Lipinski definition) is 3. The predicted octanol–water partition coefficient (Wildman–Crippen LogP) is 3.68. The Balaban J connectivity index is 1.99. The van der Waals surface area contributed by atoms with Crippen molar-refractivity contribution in [1.29, 1.82) is 0 Å². The van der Waals surface area contributed by atoms with E-state index in [1.165, 1.54) is 18.5 Å². The standard InChI is InChI=1S/C16H12N2O2/c19-16(20)14-7-8-17-10-15(14)18-13-6-5-11-3-1-2-4-12(11)9-13/h1-10,18H,(H,19,20). The lowest BCUT2D eigenvalue weighted by molar-refractivity contribution is 0.0698. The monoisotopic (exact) mass is 264 g/mol. The van der Waals surface area contributed by atoms with Crippen LogP contribution in [-0.2, 0) is 0 Å². The summed E-state index contributed by atoms with van der Waals surface area (Å²) in [5.41, 5.74) is 1.52. The third-order valence-electron chi connectivity index (χ3n) is 3.08. The highest BCUT2D eigenvalue weighted by molar-refractivity contribution is 5.95. The zero-order valence-corrected chi connectivity index (χ0v) is 10.6. The number of carboxylic acid groups (broad SMARTS) is 1. The maximum Gasteiger partial charge on any atom is 0.337 e. The lowest BCUT2D eigenvalue weighted by atomic mass is 10.1. The van der Waals surface area contributed by atoms with Crippen LogP contribution in [0, 0.1) is 0 Å². The topological polar surface area (TPSA) is 62.2 Å². The maximum absolute atomic E-state index is 11.2. The molecule has 0 saturated heterocycles. The van der Waals surface area contributed by atoms with Gasteiger partial charge in [0, 0.05) is 11.9 Å². The first-order chi connectivity index (χ1) is 9.74. The molecular formula is C16H12N2O2. The number of carboxylic acids is 1. The first-order valence-corrected chi connectivity index (χ1v) is 6.17. The number of aromatic carboxylic acids is 1. The van der Waals surface area contributed by atoms with E-state index < -0.39 is 5.97 Å². The summed E-state index contributed by atoms with van der Waals surface area (Å²) in [6.07, 6.45) is 2.98. The van der Waals surface area contributed by atoms with Crippen LogP contribution in [-0.4, -0.2) is 16.1 Å². The number of pyridine rings is 1. The molecule has 2 aromatic carbocycles. The predicted molar refractivity (Wildman–Crippen MR) is 78.4 cm³/mol. The van der Waals surface area contributed by atoms with Gasteiger partial charge < -0.3 is 10.4 Å². The van der Waals surface area contributed by atoms with Crippen molar-refractivity contribution in [3.05, 3.63) is 66.5 Å². The van der Waals surface area contributed by atoms with Crippen molar-refractivity contribution in [2.45, 2.75) is 0 Å². The molecule has 0 bridgehead atoms. The molecule has 0 spiro atoms. The van der Waals surface area contributed by atoms with E-state index in [0.29, 0.717) is 5.69 Å². The Kier molecular flexibility index (Phi) is 3.05. The molecule has 0 aliphatic rings. The van der Waals surface area contributed by atoms with Crippen LogP contribution in [0.3, 0.4) is 0 Å². The lowest BCUT2D eigenvalue weighted by Gasteiger charge is -2.09. The van der Waals surface area contributed by atoms with Crippen LogP contribution in [0.5, 0.6) is 0 Å². The summed E-state index contributed by atoms with van der Waals surface area (Å²) < 4.78 is 0. The van der Waals surface area contributed by atoms with Gasteiger partial charge in [0.15, 0.2) is 0 Å². The van der Waals surface area contributed by atoms with Crippen LogP contribution >= 0.6 is 0 Å². The SMILES string of the molecule is O=C(O)c1ccncc1Nc1ccc2ccccc2c1. The number of hydrogen-bond donors (Lipinski definition) is 2. The first kappa shape index (κ1) is 12.2. The van der Waals surface area contributed by atoms with E-state index in [4.69, 9.17) is 5.11 Å². The smallest absolute Gasteiger partial charge is 0.337 e. The molecule has 0 saturated carbocycles. The van der Waals surface area contributed by atoms with Crippen molar-refractivity contribution in [2.24, 2.45) is 0 Å². The number of nitrogens with zero attached hydrogens (tertiary/aromatic N) is 1. The van der Waals surface area contributed by atoms with Gasteiger partial charge in [-0.15, -0.1) is 0 Å². The summed E-state index contributed by atoms with van der Waals surface area (Å²) in [5, 5.41) is 14.5. The van der Waals surface area contributed by atoms with Crippen LogP contribution in [0.25, 0.3) is 10.8 Å². The van der Waals surface area contributed by atoms with Crippen LogP contribution in [0.15, 0.2) is 60.9 Å². The number of fused-ring (bicyclic) bond motifs is 1.